The summed E-state index contributed by atoms with van der Waals surface area (Å²) in [4.78, 5) is 23.5. The average molecular weight is 278 g/mol. The molecule has 0 amide bonds. The van der Waals surface area contributed by atoms with Crippen molar-refractivity contribution in [2.45, 2.75) is 20.3 Å². The van der Waals surface area contributed by atoms with Gasteiger partial charge in [0.15, 0.2) is 5.75 Å². The van der Waals surface area contributed by atoms with Crippen LogP contribution in [0.4, 0.5) is 11.4 Å². The van der Waals surface area contributed by atoms with Gasteiger partial charge in [-0.1, -0.05) is 13.5 Å². The fourth-order valence-corrected chi connectivity index (χ4v) is 1.34. The first-order valence-corrected chi connectivity index (χ1v) is 6.11. The number of anilines is 2. The standard InChI is InChI=1S/C14H18N2O4/c1-4-7-19-14(18)9-5-6-10(15)11(16)12(9)20-13(17)8(2)3/h5-6H,2,4,7,15-16H2,1,3H3. The second-order valence-corrected chi connectivity index (χ2v) is 4.25. The molecule has 108 valence electrons. The highest BCUT2D eigenvalue weighted by molar-refractivity contribution is 5.99. The van der Waals surface area contributed by atoms with Gasteiger partial charge in [0.2, 0.25) is 0 Å². The monoisotopic (exact) mass is 278 g/mol. The second-order valence-electron chi connectivity index (χ2n) is 4.25. The molecule has 6 heteroatoms. The fourth-order valence-electron chi connectivity index (χ4n) is 1.34. The Balaban J connectivity index is 3.17. The molecule has 0 bridgehead atoms. The van der Waals surface area contributed by atoms with Crippen LogP contribution in [0.15, 0.2) is 24.3 Å². The Hall–Kier alpha value is -2.50. The number of benzene rings is 1. The lowest BCUT2D eigenvalue weighted by molar-refractivity contribution is -0.130. The van der Waals surface area contributed by atoms with Gasteiger partial charge in [-0.05, 0) is 25.5 Å². The highest BCUT2D eigenvalue weighted by Crippen LogP contribution is 2.32. The molecule has 0 saturated carbocycles. The maximum Gasteiger partial charge on any atom is 0.342 e. The number of hydrogen-bond donors (Lipinski definition) is 2. The van der Waals surface area contributed by atoms with Crippen LogP contribution >= 0.6 is 0 Å². The van der Waals surface area contributed by atoms with Crippen LogP contribution in [0.3, 0.4) is 0 Å². The van der Waals surface area contributed by atoms with E-state index in [0.717, 1.165) is 0 Å². The summed E-state index contributed by atoms with van der Waals surface area (Å²) >= 11 is 0. The molecule has 0 unspecified atom stereocenters. The number of rotatable bonds is 5. The first-order chi connectivity index (χ1) is 9.38. The van der Waals surface area contributed by atoms with E-state index in [0.29, 0.717) is 6.42 Å². The number of carbonyl (C=O) groups is 2. The van der Waals surface area contributed by atoms with E-state index < -0.39 is 11.9 Å². The molecule has 0 aliphatic rings. The zero-order chi connectivity index (χ0) is 15.3. The molecule has 0 spiro atoms. The Kier molecular flexibility index (Phi) is 5.14. The van der Waals surface area contributed by atoms with Crippen molar-refractivity contribution < 1.29 is 19.1 Å². The Morgan fingerprint density at radius 1 is 1.30 bits per heavy atom. The fraction of sp³-hybridized carbons (Fsp3) is 0.286. The predicted molar refractivity (Wildman–Crippen MR) is 76.3 cm³/mol. The van der Waals surface area contributed by atoms with Crippen molar-refractivity contribution in [1.82, 2.24) is 0 Å². The van der Waals surface area contributed by atoms with Crippen LogP contribution in [-0.2, 0) is 9.53 Å². The van der Waals surface area contributed by atoms with Gasteiger partial charge in [-0.25, -0.2) is 9.59 Å². The third-order valence-corrected chi connectivity index (χ3v) is 2.43. The predicted octanol–water partition coefficient (Wildman–Crippen LogP) is 1.90. The molecule has 0 aromatic heterocycles. The lowest BCUT2D eigenvalue weighted by atomic mass is 10.1. The minimum Gasteiger partial charge on any atom is -0.462 e. The van der Waals surface area contributed by atoms with Crippen molar-refractivity contribution in [2.75, 3.05) is 18.1 Å². The number of esters is 2. The summed E-state index contributed by atoms with van der Waals surface area (Å²) in [6, 6.07) is 2.86. The van der Waals surface area contributed by atoms with E-state index in [1.165, 1.54) is 19.1 Å². The Morgan fingerprint density at radius 2 is 1.95 bits per heavy atom. The molecular weight excluding hydrogens is 260 g/mol. The molecule has 0 heterocycles. The van der Waals surface area contributed by atoms with E-state index in [-0.39, 0.29) is 34.9 Å². The summed E-state index contributed by atoms with van der Waals surface area (Å²) < 4.78 is 10.1. The van der Waals surface area contributed by atoms with Crippen molar-refractivity contribution in [1.29, 1.82) is 0 Å². The molecule has 0 aliphatic carbocycles. The lowest BCUT2D eigenvalue weighted by Gasteiger charge is -2.13. The Morgan fingerprint density at radius 3 is 2.50 bits per heavy atom. The zero-order valence-corrected chi connectivity index (χ0v) is 11.6. The summed E-state index contributed by atoms with van der Waals surface area (Å²) in [5.41, 5.74) is 11.9. The minimum atomic E-state index is -0.688. The number of ether oxygens (including phenoxy) is 2. The van der Waals surface area contributed by atoms with Crippen LogP contribution in [0.25, 0.3) is 0 Å². The highest BCUT2D eigenvalue weighted by atomic mass is 16.5. The van der Waals surface area contributed by atoms with Crippen LogP contribution in [0.1, 0.15) is 30.6 Å². The molecule has 0 fully saturated rings. The van der Waals surface area contributed by atoms with E-state index in [9.17, 15) is 9.59 Å². The largest absolute Gasteiger partial charge is 0.462 e. The van der Waals surface area contributed by atoms with Crippen molar-refractivity contribution in [3.63, 3.8) is 0 Å². The molecule has 20 heavy (non-hydrogen) atoms. The molecule has 1 aromatic carbocycles. The van der Waals surface area contributed by atoms with E-state index in [2.05, 4.69) is 6.58 Å². The van der Waals surface area contributed by atoms with Gasteiger partial charge < -0.3 is 20.9 Å². The molecule has 0 atom stereocenters. The van der Waals surface area contributed by atoms with Gasteiger partial charge in [0.1, 0.15) is 5.56 Å². The van der Waals surface area contributed by atoms with Gasteiger partial charge in [0.25, 0.3) is 0 Å². The van der Waals surface area contributed by atoms with E-state index in [4.69, 9.17) is 20.9 Å². The average Bonchev–Trinajstić information content (AvgIpc) is 2.41. The maximum absolute atomic E-state index is 11.9. The summed E-state index contributed by atoms with van der Waals surface area (Å²) in [5.74, 6) is -1.41. The summed E-state index contributed by atoms with van der Waals surface area (Å²) in [5, 5.41) is 0. The number of nitrogen functional groups attached to an aromatic ring is 2. The molecule has 4 N–H and O–H groups in total. The SMILES string of the molecule is C=C(C)C(=O)Oc1c(C(=O)OCCC)ccc(N)c1N. The van der Waals surface area contributed by atoms with Gasteiger partial charge in [0, 0.05) is 5.57 Å². The Bertz CT molecular complexity index is 552. The van der Waals surface area contributed by atoms with Crippen molar-refractivity contribution >= 4 is 23.3 Å². The molecule has 6 nitrogen and oxygen atoms in total. The van der Waals surface area contributed by atoms with Crippen LogP contribution in [-0.4, -0.2) is 18.5 Å². The van der Waals surface area contributed by atoms with Gasteiger partial charge >= 0.3 is 11.9 Å². The number of hydrogen-bond acceptors (Lipinski definition) is 6. The van der Waals surface area contributed by atoms with Crippen molar-refractivity contribution in [2.24, 2.45) is 0 Å². The van der Waals surface area contributed by atoms with Crippen LogP contribution in [0.2, 0.25) is 0 Å². The van der Waals surface area contributed by atoms with Gasteiger partial charge in [-0.3, -0.25) is 0 Å². The molecular formula is C14H18N2O4. The summed E-state index contributed by atoms with van der Waals surface area (Å²) in [6.07, 6.45) is 0.678. The van der Waals surface area contributed by atoms with Crippen molar-refractivity contribution in [3.05, 3.63) is 29.8 Å². The van der Waals surface area contributed by atoms with E-state index in [1.807, 2.05) is 6.92 Å². The lowest BCUT2D eigenvalue weighted by Crippen LogP contribution is -2.15. The van der Waals surface area contributed by atoms with Crippen LogP contribution in [0, 0.1) is 0 Å². The molecule has 1 rings (SSSR count). The highest BCUT2D eigenvalue weighted by Gasteiger charge is 2.21. The maximum atomic E-state index is 11.9. The minimum absolute atomic E-state index is 0.0190. The first-order valence-electron chi connectivity index (χ1n) is 6.11. The third kappa shape index (κ3) is 3.50. The number of nitrogens with two attached hydrogens (primary N) is 2. The molecule has 0 saturated heterocycles. The smallest absolute Gasteiger partial charge is 0.342 e. The Labute approximate surface area is 117 Å². The number of carbonyl (C=O) groups excluding carboxylic acids is 2. The quantitative estimate of drug-likeness (QED) is 0.369. The van der Waals surface area contributed by atoms with E-state index >= 15 is 0 Å². The topological polar surface area (TPSA) is 105 Å². The summed E-state index contributed by atoms with van der Waals surface area (Å²) in [6.45, 7) is 7.08. The molecule has 0 aliphatic heterocycles. The zero-order valence-electron chi connectivity index (χ0n) is 11.6. The van der Waals surface area contributed by atoms with Crippen LogP contribution in [0.5, 0.6) is 5.75 Å². The molecule has 1 aromatic rings. The third-order valence-electron chi connectivity index (χ3n) is 2.43. The van der Waals surface area contributed by atoms with Gasteiger partial charge in [-0.2, -0.15) is 0 Å². The second kappa shape index (κ2) is 6.60. The normalized spacial score (nSPS) is 9.90. The summed E-state index contributed by atoms with van der Waals surface area (Å²) in [7, 11) is 0. The van der Waals surface area contributed by atoms with E-state index in [1.54, 1.807) is 0 Å². The van der Waals surface area contributed by atoms with Gasteiger partial charge in [0.05, 0.1) is 18.0 Å². The van der Waals surface area contributed by atoms with Gasteiger partial charge in [-0.15, -0.1) is 0 Å². The first kappa shape index (κ1) is 15.6. The van der Waals surface area contributed by atoms with Crippen LogP contribution < -0.4 is 16.2 Å². The molecule has 0 radical (unpaired) electrons. The van der Waals surface area contributed by atoms with Crippen molar-refractivity contribution in [3.8, 4) is 5.75 Å².